The number of benzene rings is 1. The minimum absolute atomic E-state index is 0.00581. The summed E-state index contributed by atoms with van der Waals surface area (Å²) in [4.78, 5) is 27.8. The van der Waals surface area contributed by atoms with Crippen LogP contribution in [0.25, 0.3) is 0 Å². The molecule has 1 saturated carbocycles. The lowest BCUT2D eigenvalue weighted by Crippen LogP contribution is -2.53. The molecule has 2 aliphatic carbocycles. The zero-order valence-electron chi connectivity index (χ0n) is 17.4. The van der Waals surface area contributed by atoms with Crippen LogP contribution in [0.1, 0.15) is 51.6 Å². The number of hydrogen-bond donors (Lipinski definition) is 0. The summed E-state index contributed by atoms with van der Waals surface area (Å²) < 4.78 is 5.89. The number of amides is 1. The average molecular weight is 397 g/mol. The van der Waals surface area contributed by atoms with Crippen molar-refractivity contribution < 1.29 is 19.4 Å². The van der Waals surface area contributed by atoms with E-state index in [2.05, 4.69) is 13.8 Å². The molecule has 0 radical (unpaired) electrons. The van der Waals surface area contributed by atoms with E-state index in [1.165, 1.54) is 0 Å². The Labute approximate surface area is 172 Å². The molecular formula is C24H30NO4-. The molecule has 4 rings (SSSR count). The van der Waals surface area contributed by atoms with Crippen molar-refractivity contribution in [3.05, 3.63) is 48.0 Å². The second-order valence-corrected chi connectivity index (χ2v) is 9.41. The highest BCUT2D eigenvalue weighted by Gasteiger charge is 2.51. The van der Waals surface area contributed by atoms with Crippen molar-refractivity contribution in [3.63, 3.8) is 0 Å². The number of aliphatic carboxylic acids is 1. The number of carboxylic acid groups (broad SMARTS) is 1. The van der Waals surface area contributed by atoms with Gasteiger partial charge in [-0.2, -0.15) is 0 Å². The maximum absolute atomic E-state index is 13.9. The molecule has 1 saturated heterocycles. The molecule has 3 aliphatic rings. The number of fused-ring (bicyclic) bond motifs is 2. The van der Waals surface area contributed by atoms with Crippen LogP contribution in [0, 0.1) is 23.7 Å². The van der Waals surface area contributed by atoms with Crippen LogP contribution >= 0.6 is 0 Å². The lowest BCUT2D eigenvalue weighted by Gasteiger charge is -2.46. The SMILES string of the molecule is C[C@H](c1ccccc1)N(C(=O)[C@@H]1[C@H](C(=O)[O-])[C@H]2C=C[C@@H]1C2)[C@H]1CCOC(C)(C)C1. The molecule has 2 fully saturated rings. The van der Waals surface area contributed by atoms with E-state index in [-0.39, 0.29) is 35.4 Å². The van der Waals surface area contributed by atoms with Crippen molar-refractivity contribution in [2.45, 2.75) is 57.7 Å². The highest BCUT2D eigenvalue weighted by Crippen LogP contribution is 2.49. The fourth-order valence-electron chi connectivity index (χ4n) is 5.67. The van der Waals surface area contributed by atoms with E-state index >= 15 is 0 Å². The Morgan fingerprint density at radius 3 is 2.41 bits per heavy atom. The number of carboxylic acids is 1. The van der Waals surface area contributed by atoms with Gasteiger partial charge in [0, 0.05) is 24.5 Å². The summed E-state index contributed by atoms with van der Waals surface area (Å²) in [6, 6.07) is 9.88. The van der Waals surface area contributed by atoms with E-state index < -0.39 is 17.8 Å². The van der Waals surface area contributed by atoms with Gasteiger partial charge in [-0.3, -0.25) is 4.79 Å². The monoisotopic (exact) mass is 396 g/mol. The van der Waals surface area contributed by atoms with Crippen LogP contribution in [-0.2, 0) is 14.3 Å². The van der Waals surface area contributed by atoms with Crippen LogP contribution < -0.4 is 5.11 Å². The maximum atomic E-state index is 13.9. The summed E-state index contributed by atoms with van der Waals surface area (Å²) in [5.41, 5.74) is 0.758. The first-order chi connectivity index (χ1) is 13.8. The molecule has 0 unspecified atom stereocenters. The predicted molar refractivity (Wildman–Crippen MR) is 107 cm³/mol. The van der Waals surface area contributed by atoms with Gasteiger partial charge >= 0.3 is 0 Å². The largest absolute Gasteiger partial charge is 0.550 e. The molecule has 6 atom stereocenters. The summed E-state index contributed by atoms with van der Waals surface area (Å²) in [5.74, 6) is -2.49. The molecule has 0 aromatic heterocycles. The Balaban J connectivity index is 1.69. The Morgan fingerprint density at radius 1 is 1.14 bits per heavy atom. The van der Waals surface area contributed by atoms with Gasteiger partial charge in [-0.15, -0.1) is 0 Å². The van der Waals surface area contributed by atoms with E-state index in [1.807, 2.05) is 54.3 Å². The third-order valence-electron chi connectivity index (χ3n) is 7.03. The Hall–Kier alpha value is -2.14. The minimum Gasteiger partial charge on any atom is -0.550 e. The van der Waals surface area contributed by atoms with Gasteiger partial charge in [-0.05, 0) is 57.4 Å². The molecule has 29 heavy (non-hydrogen) atoms. The highest BCUT2D eigenvalue weighted by atomic mass is 16.5. The normalized spacial score (nSPS) is 33.4. The van der Waals surface area contributed by atoms with Gasteiger partial charge in [0.2, 0.25) is 5.91 Å². The molecule has 0 spiro atoms. The fourth-order valence-corrected chi connectivity index (χ4v) is 5.67. The smallest absolute Gasteiger partial charge is 0.227 e. The number of allylic oxidation sites excluding steroid dienone is 2. The van der Waals surface area contributed by atoms with Crippen molar-refractivity contribution in [2.24, 2.45) is 23.7 Å². The Morgan fingerprint density at radius 2 is 1.79 bits per heavy atom. The minimum atomic E-state index is -1.10. The molecule has 5 nitrogen and oxygen atoms in total. The zero-order valence-corrected chi connectivity index (χ0v) is 17.4. The van der Waals surface area contributed by atoms with Crippen LogP contribution in [0.4, 0.5) is 0 Å². The van der Waals surface area contributed by atoms with Crippen LogP contribution in [0.3, 0.4) is 0 Å². The number of carbonyl (C=O) groups excluding carboxylic acids is 2. The summed E-state index contributed by atoms with van der Waals surface area (Å²) in [7, 11) is 0. The molecule has 5 heteroatoms. The summed E-state index contributed by atoms with van der Waals surface area (Å²) in [6.07, 6.45) is 6.23. The van der Waals surface area contributed by atoms with Gasteiger partial charge in [-0.25, -0.2) is 0 Å². The van der Waals surface area contributed by atoms with E-state index in [1.54, 1.807) is 0 Å². The predicted octanol–water partition coefficient (Wildman–Crippen LogP) is 2.72. The zero-order chi connectivity index (χ0) is 20.8. The summed E-state index contributed by atoms with van der Waals surface area (Å²) >= 11 is 0. The molecule has 156 valence electrons. The molecule has 2 bridgehead atoms. The van der Waals surface area contributed by atoms with Gasteiger partial charge in [0.1, 0.15) is 0 Å². The second kappa shape index (κ2) is 7.60. The third-order valence-corrected chi connectivity index (χ3v) is 7.03. The number of rotatable bonds is 5. The first kappa shape index (κ1) is 20.1. The molecule has 1 aliphatic heterocycles. The number of ether oxygens (including phenoxy) is 1. The lowest BCUT2D eigenvalue weighted by atomic mass is 9.80. The molecule has 1 aromatic rings. The summed E-state index contributed by atoms with van der Waals surface area (Å²) in [5, 5.41) is 11.9. The number of hydrogen-bond acceptors (Lipinski definition) is 4. The topological polar surface area (TPSA) is 69.7 Å². The number of nitrogens with zero attached hydrogens (tertiary/aromatic N) is 1. The van der Waals surface area contributed by atoms with Gasteiger partial charge in [0.15, 0.2) is 0 Å². The molecule has 1 amide bonds. The molecule has 1 aromatic carbocycles. The van der Waals surface area contributed by atoms with E-state index in [0.717, 1.165) is 24.8 Å². The third kappa shape index (κ3) is 3.73. The Kier molecular flexibility index (Phi) is 5.28. The van der Waals surface area contributed by atoms with Crippen molar-refractivity contribution in [1.29, 1.82) is 0 Å². The van der Waals surface area contributed by atoms with Crippen LogP contribution in [0.5, 0.6) is 0 Å². The summed E-state index contributed by atoms with van der Waals surface area (Å²) in [6.45, 7) is 6.76. The second-order valence-electron chi connectivity index (χ2n) is 9.41. The first-order valence-corrected chi connectivity index (χ1v) is 10.7. The maximum Gasteiger partial charge on any atom is 0.227 e. The van der Waals surface area contributed by atoms with Crippen molar-refractivity contribution >= 4 is 11.9 Å². The van der Waals surface area contributed by atoms with Crippen LogP contribution in [-0.4, -0.2) is 35.0 Å². The van der Waals surface area contributed by atoms with Gasteiger partial charge in [-0.1, -0.05) is 42.5 Å². The lowest BCUT2D eigenvalue weighted by molar-refractivity contribution is -0.313. The van der Waals surface area contributed by atoms with Gasteiger partial charge < -0.3 is 19.5 Å². The molecule has 1 heterocycles. The molecular weight excluding hydrogens is 366 g/mol. The van der Waals surface area contributed by atoms with Crippen molar-refractivity contribution in [1.82, 2.24) is 4.90 Å². The van der Waals surface area contributed by atoms with Crippen LogP contribution in [0.2, 0.25) is 0 Å². The van der Waals surface area contributed by atoms with Crippen molar-refractivity contribution in [2.75, 3.05) is 6.61 Å². The molecule has 0 N–H and O–H groups in total. The van der Waals surface area contributed by atoms with E-state index in [4.69, 9.17) is 4.74 Å². The van der Waals surface area contributed by atoms with Gasteiger partial charge in [0.05, 0.1) is 17.6 Å². The Bertz CT molecular complexity index is 802. The average Bonchev–Trinajstić information content (AvgIpc) is 3.29. The van der Waals surface area contributed by atoms with Crippen molar-refractivity contribution in [3.8, 4) is 0 Å². The first-order valence-electron chi connectivity index (χ1n) is 10.7. The number of carbonyl (C=O) groups is 2. The van der Waals surface area contributed by atoms with Crippen LogP contribution in [0.15, 0.2) is 42.5 Å². The van der Waals surface area contributed by atoms with E-state index in [9.17, 15) is 14.7 Å². The highest BCUT2D eigenvalue weighted by molar-refractivity contribution is 5.87. The van der Waals surface area contributed by atoms with E-state index in [0.29, 0.717) is 6.61 Å². The standard InChI is InChI=1S/C24H31NO4/c1-15(16-7-5-4-6-8-16)25(19-11-12-29-24(2,3)14-19)22(26)20-17-9-10-18(13-17)21(20)23(27)28/h4-10,15,17-21H,11-14H2,1-3H3,(H,27,28)/p-1/t15-,17-,18+,19+,20+,21-/m1/s1. The quantitative estimate of drug-likeness (QED) is 0.718. The van der Waals surface area contributed by atoms with Gasteiger partial charge in [0.25, 0.3) is 0 Å². The fraction of sp³-hybridized carbons (Fsp3) is 0.583.